The molecule has 0 unspecified atom stereocenters. The van der Waals surface area contributed by atoms with Crippen molar-refractivity contribution in [3.8, 4) is 17.0 Å². The minimum atomic E-state index is 0.659. The summed E-state index contributed by atoms with van der Waals surface area (Å²) in [6.45, 7) is 8.58. The van der Waals surface area contributed by atoms with Gasteiger partial charge in [0.1, 0.15) is 11.6 Å². The van der Waals surface area contributed by atoms with Gasteiger partial charge >= 0.3 is 0 Å². The summed E-state index contributed by atoms with van der Waals surface area (Å²) in [5, 5.41) is 3.39. The molecule has 2 aromatic carbocycles. The lowest BCUT2D eigenvalue weighted by atomic mass is 10.1. The highest BCUT2D eigenvalue weighted by molar-refractivity contribution is 5.67. The van der Waals surface area contributed by atoms with Crippen LogP contribution in [0.2, 0.25) is 0 Å². The molecule has 0 bridgehead atoms. The SMILES string of the molecule is CCOc1ccc(Nc2cc(-c3ccccc3)nc(N(CC)CC)n2)cc1. The van der Waals surface area contributed by atoms with Gasteiger partial charge in [-0.25, -0.2) is 4.98 Å². The molecule has 3 aromatic rings. The van der Waals surface area contributed by atoms with Crippen molar-refractivity contribution in [2.45, 2.75) is 20.8 Å². The third-order valence-electron chi connectivity index (χ3n) is 4.27. The highest BCUT2D eigenvalue weighted by Gasteiger charge is 2.11. The Balaban J connectivity index is 1.94. The van der Waals surface area contributed by atoms with Gasteiger partial charge in [-0.1, -0.05) is 30.3 Å². The van der Waals surface area contributed by atoms with Gasteiger partial charge in [0.2, 0.25) is 5.95 Å². The van der Waals surface area contributed by atoms with E-state index in [0.29, 0.717) is 6.61 Å². The number of rotatable bonds is 8. The lowest BCUT2D eigenvalue weighted by Crippen LogP contribution is -2.24. The topological polar surface area (TPSA) is 50.3 Å². The van der Waals surface area contributed by atoms with Crippen molar-refractivity contribution in [3.63, 3.8) is 0 Å². The molecular weight excluding hydrogens is 336 g/mol. The fourth-order valence-corrected chi connectivity index (χ4v) is 2.85. The second kappa shape index (κ2) is 9.03. The number of anilines is 3. The number of aromatic nitrogens is 2. The Kier molecular flexibility index (Phi) is 6.26. The highest BCUT2D eigenvalue weighted by atomic mass is 16.5. The summed E-state index contributed by atoms with van der Waals surface area (Å²) in [5.41, 5.74) is 2.94. The first-order valence-electron chi connectivity index (χ1n) is 9.42. The number of benzene rings is 2. The van der Waals surface area contributed by atoms with Crippen LogP contribution in [0.25, 0.3) is 11.3 Å². The minimum Gasteiger partial charge on any atom is -0.494 e. The van der Waals surface area contributed by atoms with Gasteiger partial charge in [0.05, 0.1) is 12.3 Å². The Labute approximate surface area is 161 Å². The van der Waals surface area contributed by atoms with Gasteiger partial charge in [-0.2, -0.15) is 4.98 Å². The van der Waals surface area contributed by atoms with E-state index in [-0.39, 0.29) is 0 Å². The average Bonchev–Trinajstić information content (AvgIpc) is 2.71. The van der Waals surface area contributed by atoms with Gasteiger partial charge in [-0.15, -0.1) is 0 Å². The summed E-state index contributed by atoms with van der Waals surface area (Å²) in [6, 6.07) is 20.1. The van der Waals surface area contributed by atoms with Crippen LogP contribution in [-0.4, -0.2) is 29.7 Å². The molecular formula is C22H26N4O. The third kappa shape index (κ3) is 4.76. The number of ether oxygens (including phenoxy) is 1. The number of nitrogens with one attached hydrogen (secondary N) is 1. The molecule has 27 heavy (non-hydrogen) atoms. The molecule has 1 heterocycles. The van der Waals surface area contributed by atoms with Crippen molar-refractivity contribution in [2.24, 2.45) is 0 Å². The molecule has 5 heteroatoms. The van der Waals surface area contributed by atoms with Crippen LogP contribution in [0.4, 0.5) is 17.5 Å². The molecule has 140 valence electrons. The van der Waals surface area contributed by atoms with Crippen LogP contribution in [0.15, 0.2) is 60.7 Å². The van der Waals surface area contributed by atoms with Crippen LogP contribution >= 0.6 is 0 Å². The summed E-state index contributed by atoms with van der Waals surface area (Å²) in [7, 11) is 0. The Morgan fingerprint density at radius 2 is 1.59 bits per heavy atom. The van der Waals surface area contributed by atoms with Crippen LogP contribution < -0.4 is 15.0 Å². The Morgan fingerprint density at radius 1 is 0.889 bits per heavy atom. The molecule has 0 spiro atoms. The van der Waals surface area contributed by atoms with Crippen LogP contribution in [-0.2, 0) is 0 Å². The minimum absolute atomic E-state index is 0.659. The van der Waals surface area contributed by atoms with Crippen molar-refractivity contribution >= 4 is 17.5 Å². The van der Waals surface area contributed by atoms with E-state index in [0.717, 1.165) is 47.5 Å². The molecule has 0 aliphatic rings. The zero-order valence-electron chi connectivity index (χ0n) is 16.1. The van der Waals surface area contributed by atoms with Crippen molar-refractivity contribution in [2.75, 3.05) is 29.9 Å². The molecule has 0 amide bonds. The maximum absolute atomic E-state index is 5.51. The Bertz CT molecular complexity index is 846. The average molecular weight is 362 g/mol. The second-order valence-electron chi connectivity index (χ2n) is 6.06. The van der Waals surface area contributed by atoms with Gasteiger partial charge in [0.15, 0.2) is 0 Å². The molecule has 0 aliphatic heterocycles. The molecule has 0 radical (unpaired) electrons. The Morgan fingerprint density at radius 3 is 2.22 bits per heavy atom. The number of hydrogen-bond donors (Lipinski definition) is 1. The molecule has 0 saturated heterocycles. The summed E-state index contributed by atoms with van der Waals surface area (Å²) in [6.07, 6.45) is 0. The monoisotopic (exact) mass is 362 g/mol. The van der Waals surface area contributed by atoms with Gasteiger partial charge in [-0.3, -0.25) is 0 Å². The van der Waals surface area contributed by atoms with Crippen molar-refractivity contribution in [1.82, 2.24) is 9.97 Å². The molecule has 1 aromatic heterocycles. The van der Waals surface area contributed by atoms with E-state index in [1.54, 1.807) is 0 Å². The predicted octanol–water partition coefficient (Wildman–Crippen LogP) is 5.13. The lowest BCUT2D eigenvalue weighted by Gasteiger charge is -2.20. The highest BCUT2D eigenvalue weighted by Crippen LogP contribution is 2.25. The van der Waals surface area contributed by atoms with Crippen molar-refractivity contribution < 1.29 is 4.74 Å². The van der Waals surface area contributed by atoms with Crippen molar-refractivity contribution in [1.29, 1.82) is 0 Å². The molecule has 0 aliphatic carbocycles. The number of nitrogens with zero attached hydrogens (tertiary/aromatic N) is 3. The zero-order valence-corrected chi connectivity index (χ0v) is 16.1. The second-order valence-corrected chi connectivity index (χ2v) is 6.06. The van der Waals surface area contributed by atoms with Crippen LogP contribution in [0.1, 0.15) is 20.8 Å². The number of hydrogen-bond acceptors (Lipinski definition) is 5. The van der Waals surface area contributed by atoms with E-state index in [9.17, 15) is 0 Å². The van der Waals surface area contributed by atoms with E-state index >= 15 is 0 Å². The standard InChI is InChI=1S/C22H26N4O/c1-4-26(5-2)22-24-20(17-10-8-7-9-11-17)16-21(25-22)23-18-12-14-19(15-13-18)27-6-3/h7-16H,4-6H2,1-3H3,(H,23,24,25). The first kappa shape index (κ1) is 18.7. The maximum atomic E-state index is 5.51. The van der Waals surface area contributed by atoms with E-state index in [1.165, 1.54) is 0 Å². The molecule has 3 rings (SSSR count). The summed E-state index contributed by atoms with van der Waals surface area (Å²) in [5.74, 6) is 2.37. The van der Waals surface area contributed by atoms with E-state index in [2.05, 4.69) is 36.2 Å². The Hall–Kier alpha value is -3.08. The largest absolute Gasteiger partial charge is 0.494 e. The van der Waals surface area contributed by atoms with Crippen molar-refractivity contribution in [3.05, 3.63) is 60.7 Å². The molecule has 5 nitrogen and oxygen atoms in total. The molecule has 0 atom stereocenters. The predicted molar refractivity (Wildman–Crippen MR) is 112 cm³/mol. The van der Waals surface area contributed by atoms with Gasteiger partial charge in [-0.05, 0) is 45.0 Å². The normalized spacial score (nSPS) is 10.5. The third-order valence-corrected chi connectivity index (χ3v) is 4.27. The van der Waals surface area contributed by atoms with Gasteiger partial charge in [0, 0.05) is 30.4 Å². The van der Waals surface area contributed by atoms with Gasteiger partial charge in [0.25, 0.3) is 0 Å². The molecule has 0 saturated carbocycles. The quantitative estimate of drug-likeness (QED) is 0.602. The van der Waals surface area contributed by atoms with E-state index < -0.39 is 0 Å². The van der Waals surface area contributed by atoms with E-state index in [1.807, 2.05) is 55.5 Å². The van der Waals surface area contributed by atoms with Crippen LogP contribution in [0.5, 0.6) is 5.75 Å². The summed E-state index contributed by atoms with van der Waals surface area (Å²) >= 11 is 0. The van der Waals surface area contributed by atoms with Crippen LogP contribution in [0, 0.1) is 0 Å². The summed E-state index contributed by atoms with van der Waals surface area (Å²) < 4.78 is 5.51. The fourth-order valence-electron chi connectivity index (χ4n) is 2.85. The lowest BCUT2D eigenvalue weighted by molar-refractivity contribution is 0.340. The van der Waals surface area contributed by atoms with Crippen LogP contribution in [0.3, 0.4) is 0 Å². The molecule has 1 N–H and O–H groups in total. The smallest absolute Gasteiger partial charge is 0.227 e. The fraction of sp³-hybridized carbons (Fsp3) is 0.273. The maximum Gasteiger partial charge on any atom is 0.227 e. The summed E-state index contributed by atoms with van der Waals surface area (Å²) in [4.78, 5) is 11.7. The zero-order chi connectivity index (χ0) is 19.1. The first-order chi connectivity index (χ1) is 13.2. The first-order valence-corrected chi connectivity index (χ1v) is 9.42. The van der Waals surface area contributed by atoms with Gasteiger partial charge < -0.3 is 15.0 Å². The molecule has 0 fully saturated rings. The van der Waals surface area contributed by atoms with E-state index in [4.69, 9.17) is 14.7 Å².